The second-order valence-electron chi connectivity index (χ2n) is 5.58. The number of carbonyl (C=O) groups is 1. The molecule has 1 aromatic heterocycles. The first kappa shape index (κ1) is 21.4. The highest BCUT2D eigenvalue weighted by atomic mass is 19.4. The molecule has 2 aromatic rings. The second kappa shape index (κ2) is 8.83. The third kappa shape index (κ3) is 5.78. The van der Waals surface area contributed by atoms with Crippen molar-refractivity contribution in [2.45, 2.75) is 19.2 Å². The largest absolute Gasteiger partial charge is 0.457 e. The first-order valence-electron chi connectivity index (χ1n) is 7.99. The smallest absolute Gasteiger partial charge is 0.416 e. The van der Waals surface area contributed by atoms with E-state index in [-0.39, 0.29) is 23.9 Å². The number of alkyl halides is 3. The summed E-state index contributed by atoms with van der Waals surface area (Å²) in [4.78, 5) is 16.7. The van der Waals surface area contributed by atoms with Crippen LogP contribution in [0.1, 0.15) is 6.92 Å². The molecule has 2 rings (SSSR count). The summed E-state index contributed by atoms with van der Waals surface area (Å²) in [5.41, 5.74) is 0. The van der Waals surface area contributed by atoms with Crippen LogP contribution < -0.4 is 10.1 Å². The number of pyridine rings is 1. The second-order valence-corrected chi connectivity index (χ2v) is 5.58. The van der Waals surface area contributed by atoms with Gasteiger partial charge in [0.15, 0.2) is 17.7 Å². The monoisotopic (exact) mass is 405 g/mol. The van der Waals surface area contributed by atoms with Gasteiger partial charge < -0.3 is 14.7 Å². The van der Waals surface area contributed by atoms with Gasteiger partial charge in [0.05, 0.1) is 6.54 Å². The summed E-state index contributed by atoms with van der Waals surface area (Å²) in [7, 11) is 0. The fourth-order valence-electron chi connectivity index (χ4n) is 2.08. The average molecular weight is 405 g/mol. The normalized spacial score (nSPS) is 12.4. The molecule has 0 aliphatic carbocycles. The van der Waals surface area contributed by atoms with Crippen LogP contribution in [0.25, 0.3) is 0 Å². The lowest BCUT2D eigenvalue weighted by Crippen LogP contribution is -2.45. The number of benzene rings is 1. The summed E-state index contributed by atoms with van der Waals surface area (Å²) >= 11 is 0. The van der Waals surface area contributed by atoms with Gasteiger partial charge >= 0.3 is 12.2 Å². The molecule has 0 saturated carbocycles. The van der Waals surface area contributed by atoms with Crippen LogP contribution in [0.3, 0.4) is 0 Å². The average Bonchev–Trinajstić information content (AvgIpc) is 2.62. The van der Waals surface area contributed by atoms with Crippen molar-refractivity contribution in [2.75, 3.05) is 18.4 Å². The molecule has 28 heavy (non-hydrogen) atoms. The third-order valence-electron chi connectivity index (χ3n) is 3.53. The van der Waals surface area contributed by atoms with Gasteiger partial charge in [-0.15, -0.1) is 0 Å². The van der Waals surface area contributed by atoms with Crippen LogP contribution in [0, 0.1) is 11.6 Å². The van der Waals surface area contributed by atoms with Crippen LogP contribution in [-0.4, -0.2) is 46.4 Å². The number of aliphatic hydroxyl groups is 1. The zero-order valence-corrected chi connectivity index (χ0v) is 14.5. The molecule has 0 spiro atoms. The Morgan fingerprint density at radius 3 is 2.50 bits per heavy atom. The number of rotatable bonds is 6. The van der Waals surface area contributed by atoms with Gasteiger partial charge in [-0.05, 0) is 25.1 Å². The number of amides is 2. The van der Waals surface area contributed by atoms with Gasteiger partial charge in [0.25, 0.3) is 0 Å². The molecule has 2 N–H and O–H groups in total. The predicted molar refractivity (Wildman–Crippen MR) is 89.0 cm³/mol. The number of aromatic nitrogens is 1. The quantitative estimate of drug-likeness (QED) is 0.715. The molecular formula is C17H16F5N3O3. The van der Waals surface area contributed by atoms with Crippen molar-refractivity contribution in [1.29, 1.82) is 0 Å². The van der Waals surface area contributed by atoms with Crippen molar-refractivity contribution < 1.29 is 36.6 Å². The fourth-order valence-corrected chi connectivity index (χ4v) is 2.08. The van der Waals surface area contributed by atoms with Crippen molar-refractivity contribution in [2.24, 2.45) is 0 Å². The minimum absolute atomic E-state index is 0.00846. The van der Waals surface area contributed by atoms with E-state index < -0.39 is 36.5 Å². The van der Waals surface area contributed by atoms with Gasteiger partial charge in [0.2, 0.25) is 0 Å². The maximum Gasteiger partial charge on any atom is 0.416 e. The first-order chi connectivity index (χ1) is 13.1. The number of anilines is 1. The summed E-state index contributed by atoms with van der Waals surface area (Å²) in [5.74, 6) is -2.09. The number of aliphatic hydroxyl groups excluding tert-OH is 1. The number of hydrogen-bond acceptors (Lipinski definition) is 4. The molecule has 0 aliphatic rings. The maximum atomic E-state index is 13.2. The Morgan fingerprint density at radius 2 is 1.89 bits per heavy atom. The van der Waals surface area contributed by atoms with Crippen molar-refractivity contribution in [3.63, 3.8) is 0 Å². The molecular weight excluding hydrogens is 389 g/mol. The molecule has 152 valence electrons. The van der Waals surface area contributed by atoms with E-state index in [1.807, 2.05) is 0 Å². The van der Waals surface area contributed by atoms with Crippen LogP contribution in [-0.2, 0) is 0 Å². The summed E-state index contributed by atoms with van der Waals surface area (Å²) in [5, 5.41) is 11.4. The molecule has 1 unspecified atom stereocenters. The molecule has 0 fully saturated rings. The van der Waals surface area contributed by atoms with E-state index in [9.17, 15) is 26.7 Å². The zero-order chi connectivity index (χ0) is 20.9. The lowest BCUT2D eigenvalue weighted by Gasteiger charge is -2.25. The highest BCUT2D eigenvalue weighted by molar-refractivity contribution is 5.88. The predicted octanol–water partition coefficient (Wildman–Crippen LogP) is 3.93. The number of halogens is 5. The molecule has 11 heteroatoms. The van der Waals surface area contributed by atoms with Crippen molar-refractivity contribution in [3.8, 4) is 11.5 Å². The van der Waals surface area contributed by atoms with Crippen LogP contribution >= 0.6 is 0 Å². The molecule has 1 aromatic carbocycles. The minimum Gasteiger partial charge on any atom is -0.457 e. The lowest BCUT2D eigenvalue weighted by atomic mass is 10.3. The van der Waals surface area contributed by atoms with Gasteiger partial charge in [-0.1, -0.05) is 0 Å². The van der Waals surface area contributed by atoms with Crippen molar-refractivity contribution in [3.05, 3.63) is 48.2 Å². The molecule has 1 atom stereocenters. The summed E-state index contributed by atoms with van der Waals surface area (Å²) in [6.07, 6.45) is -6.30. The number of carbonyl (C=O) groups excluding carboxylic acids is 1. The van der Waals surface area contributed by atoms with Crippen LogP contribution in [0.2, 0.25) is 0 Å². The Bertz CT molecular complexity index is 832. The highest BCUT2D eigenvalue weighted by Gasteiger charge is 2.39. The maximum absolute atomic E-state index is 13.2. The Kier molecular flexibility index (Phi) is 6.73. The Labute approximate surface area is 156 Å². The van der Waals surface area contributed by atoms with Gasteiger partial charge in [-0.2, -0.15) is 13.2 Å². The summed E-state index contributed by atoms with van der Waals surface area (Å²) in [6, 6.07) is 4.59. The summed E-state index contributed by atoms with van der Waals surface area (Å²) < 4.78 is 68.9. The Hall–Kier alpha value is -2.95. The highest BCUT2D eigenvalue weighted by Crippen LogP contribution is 2.25. The number of nitrogens with zero attached hydrogens (tertiary/aromatic N) is 2. The molecule has 0 aliphatic heterocycles. The van der Waals surface area contributed by atoms with Crippen LogP contribution in [0.5, 0.6) is 11.5 Å². The fraction of sp³-hybridized carbons (Fsp3) is 0.294. The van der Waals surface area contributed by atoms with Gasteiger partial charge in [-0.25, -0.2) is 18.6 Å². The molecule has 2 amide bonds. The van der Waals surface area contributed by atoms with E-state index in [2.05, 4.69) is 10.3 Å². The minimum atomic E-state index is -4.86. The molecule has 1 heterocycles. The first-order valence-corrected chi connectivity index (χ1v) is 7.99. The van der Waals surface area contributed by atoms with E-state index in [1.165, 1.54) is 31.3 Å². The van der Waals surface area contributed by atoms with Gasteiger partial charge in [0.1, 0.15) is 17.3 Å². The SMILES string of the molecule is CCN(CC(O)C(F)(F)F)C(=O)Nc1cc(Oc2ccc(F)c(F)c2)ccn1. The van der Waals surface area contributed by atoms with E-state index in [4.69, 9.17) is 9.84 Å². The Balaban J connectivity index is 2.06. The van der Waals surface area contributed by atoms with E-state index in [0.29, 0.717) is 0 Å². The molecule has 0 saturated heterocycles. The van der Waals surface area contributed by atoms with E-state index in [0.717, 1.165) is 17.0 Å². The molecule has 0 radical (unpaired) electrons. The molecule has 0 bridgehead atoms. The van der Waals surface area contributed by atoms with E-state index in [1.54, 1.807) is 0 Å². The lowest BCUT2D eigenvalue weighted by molar-refractivity contribution is -0.206. The third-order valence-corrected chi connectivity index (χ3v) is 3.53. The number of ether oxygens (including phenoxy) is 1. The molecule has 6 nitrogen and oxygen atoms in total. The van der Waals surface area contributed by atoms with Gasteiger partial charge in [0, 0.05) is 24.9 Å². The zero-order valence-electron chi connectivity index (χ0n) is 14.5. The summed E-state index contributed by atoms with van der Waals surface area (Å²) in [6.45, 7) is 0.402. The number of hydrogen-bond donors (Lipinski definition) is 2. The number of likely N-dealkylation sites (N-methyl/N-ethyl adjacent to an activating group) is 1. The van der Waals surface area contributed by atoms with Crippen LogP contribution in [0.15, 0.2) is 36.5 Å². The Morgan fingerprint density at radius 1 is 1.21 bits per heavy atom. The standard InChI is InChI=1S/C17H16F5N3O3/c1-2-25(9-14(26)17(20,21)22)16(27)24-15-8-11(5-6-23-15)28-10-3-4-12(18)13(19)7-10/h3-8,14,26H,2,9H2,1H3,(H,23,24,27). The van der Waals surface area contributed by atoms with E-state index >= 15 is 0 Å². The van der Waals surface area contributed by atoms with Gasteiger partial charge in [-0.3, -0.25) is 5.32 Å². The van der Waals surface area contributed by atoms with Crippen molar-refractivity contribution >= 4 is 11.8 Å². The number of urea groups is 1. The topological polar surface area (TPSA) is 74.7 Å². The van der Waals surface area contributed by atoms with Crippen molar-refractivity contribution in [1.82, 2.24) is 9.88 Å². The van der Waals surface area contributed by atoms with Crippen LogP contribution in [0.4, 0.5) is 32.6 Å². The number of nitrogens with one attached hydrogen (secondary N) is 1.